The molecule has 1 atom stereocenters. The minimum atomic E-state index is 0.502. The van der Waals surface area contributed by atoms with Gasteiger partial charge >= 0.3 is 0 Å². The first-order chi connectivity index (χ1) is 11.2. The molecular weight excluding hydrogens is 282 g/mol. The van der Waals surface area contributed by atoms with Crippen molar-refractivity contribution in [2.75, 3.05) is 18.4 Å². The Labute approximate surface area is 139 Å². The van der Waals surface area contributed by atoms with E-state index in [9.17, 15) is 0 Å². The number of nitrogens with zero attached hydrogens (tertiary/aromatic N) is 2. The normalized spacial score (nSPS) is 18.5. The van der Waals surface area contributed by atoms with E-state index in [2.05, 4.69) is 77.7 Å². The van der Waals surface area contributed by atoms with E-state index in [-0.39, 0.29) is 0 Å². The Morgan fingerprint density at radius 2 is 2.00 bits per heavy atom. The molecule has 2 aromatic rings. The lowest BCUT2D eigenvalue weighted by molar-refractivity contribution is 0.248. The Balaban J connectivity index is 1.65. The molecule has 0 spiro atoms. The number of pyridine rings is 1. The number of hydrogen-bond donors (Lipinski definition) is 1. The second kappa shape index (κ2) is 7.60. The molecule has 0 aliphatic carbocycles. The maximum Gasteiger partial charge on any atom is 0.125 e. The highest BCUT2D eigenvalue weighted by Gasteiger charge is 2.26. The number of benzene rings is 1. The number of hydrogen-bond acceptors (Lipinski definition) is 3. The summed E-state index contributed by atoms with van der Waals surface area (Å²) in [4.78, 5) is 7.18. The van der Waals surface area contributed by atoms with E-state index in [0.717, 1.165) is 18.9 Å². The summed E-state index contributed by atoms with van der Waals surface area (Å²) < 4.78 is 0. The van der Waals surface area contributed by atoms with Gasteiger partial charge in [-0.3, -0.25) is 4.90 Å². The van der Waals surface area contributed by atoms with E-state index < -0.39 is 0 Å². The van der Waals surface area contributed by atoms with Gasteiger partial charge in [-0.05, 0) is 42.5 Å². The van der Waals surface area contributed by atoms with Gasteiger partial charge in [0.25, 0.3) is 0 Å². The van der Waals surface area contributed by atoms with Crippen LogP contribution in [0.4, 0.5) is 5.82 Å². The van der Waals surface area contributed by atoms with Crippen molar-refractivity contribution in [3.63, 3.8) is 0 Å². The van der Waals surface area contributed by atoms with E-state index in [1.54, 1.807) is 0 Å². The maximum absolute atomic E-state index is 4.60. The molecule has 1 aromatic carbocycles. The van der Waals surface area contributed by atoms with Gasteiger partial charge in [0.2, 0.25) is 0 Å². The first-order valence-corrected chi connectivity index (χ1v) is 8.70. The van der Waals surface area contributed by atoms with Crippen LogP contribution in [0.2, 0.25) is 0 Å². The van der Waals surface area contributed by atoms with E-state index in [1.165, 1.54) is 30.5 Å². The first-order valence-electron chi connectivity index (χ1n) is 8.70. The zero-order valence-electron chi connectivity index (χ0n) is 14.2. The fourth-order valence-electron chi connectivity index (χ4n) is 3.23. The van der Waals surface area contributed by atoms with Crippen LogP contribution in [0.25, 0.3) is 0 Å². The highest BCUT2D eigenvalue weighted by atomic mass is 15.2. The van der Waals surface area contributed by atoms with E-state index in [4.69, 9.17) is 0 Å². The molecule has 0 saturated carbocycles. The standard InChI is InChI=1S/C20H27N3/c1-16(2)13-21-20-11-10-18(14-22-20)19-9-6-12-23(19)15-17-7-4-3-5-8-17/h3-5,7-8,10-11,14,16,19H,6,9,12-13,15H2,1-2H3,(H,21,22). The minimum absolute atomic E-state index is 0.502. The van der Waals surface area contributed by atoms with Crippen LogP contribution in [0.15, 0.2) is 48.7 Å². The fraction of sp³-hybridized carbons (Fsp3) is 0.450. The van der Waals surface area contributed by atoms with Crippen LogP contribution >= 0.6 is 0 Å². The summed E-state index contributed by atoms with van der Waals surface area (Å²) in [5.41, 5.74) is 2.73. The highest BCUT2D eigenvalue weighted by molar-refractivity contribution is 5.36. The molecule has 0 amide bonds. The summed E-state index contributed by atoms with van der Waals surface area (Å²) in [7, 11) is 0. The first kappa shape index (κ1) is 16.0. The van der Waals surface area contributed by atoms with Crippen LogP contribution in [0.1, 0.15) is 43.9 Å². The van der Waals surface area contributed by atoms with Gasteiger partial charge in [-0.2, -0.15) is 0 Å². The number of likely N-dealkylation sites (tertiary alicyclic amines) is 1. The Morgan fingerprint density at radius 1 is 1.17 bits per heavy atom. The second-order valence-electron chi connectivity index (χ2n) is 6.87. The summed E-state index contributed by atoms with van der Waals surface area (Å²) in [5.74, 6) is 1.61. The SMILES string of the molecule is CC(C)CNc1ccc(C2CCCN2Cc2ccccc2)cn1. The minimum Gasteiger partial charge on any atom is -0.370 e. The van der Waals surface area contributed by atoms with Crippen molar-refractivity contribution in [3.05, 3.63) is 59.8 Å². The van der Waals surface area contributed by atoms with Crippen molar-refractivity contribution in [3.8, 4) is 0 Å². The van der Waals surface area contributed by atoms with Gasteiger partial charge in [-0.25, -0.2) is 4.98 Å². The predicted molar refractivity (Wildman–Crippen MR) is 96.4 cm³/mol. The summed E-state index contributed by atoms with van der Waals surface area (Å²) in [6.07, 6.45) is 4.55. The summed E-state index contributed by atoms with van der Waals surface area (Å²) in [6.45, 7) is 7.59. The monoisotopic (exact) mass is 309 g/mol. The van der Waals surface area contributed by atoms with Crippen LogP contribution in [0.5, 0.6) is 0 Å². The van der Waals surface area contributed by atoms with Crippen molar-refractivity contribution < 1.29 is 0 Å². The molecule has 3 nitrogen and oxygen atoms in total. The Hall–Kier alpha value is -1.87. The smallest absolute Gasteiger partial charge is 0.125 e. The molecule has 1 N–H and O–H groups in total. The molecule has 1 fully saturated rings. The lowest BCUT2D eigenvalue weighted by Gasteiger charge is -2.25. The molecule has 1 aliphatic rings. The van der Waals surface area contributed by atoms with Gasteiger partial charge in [-0.15, -0.1) is 0 Å². The van der Waals surface area contributed by atoms with E-state index in [0.29, 0.717) is 12.0 Å². The van der Waals surface area contributed by atoms with Gasteiger partial charge in [0, 0.05) is 25.3 Å². The zero-order chi connectivity index (χ0) is 16.1. The van der Waals surface area contributed by atoms with Crippen molar-refractivity contribution in [2.24, 2.45) is 5.92 Å². The molecule has 0 bridgehead atoms. The molecule has 23 heavy (non-hydrogen) atoms. The molecule has 1 aromatic heterocycles. The van der Waals surface area contributed by atoms with Gasteiger partial charge in [-0.1, -0.05) is 50.2 Å². The number of nitrogens with one attached hydrogen (secondary N) is 1. The van der Waals surface area contributed by atoms with E-state index >= 15 is 0 Å². The van der Waals surface area contributed by atoms with Crippen LogP contribution in [0, 0.1) is 5.92 Å². The average Bonchev–Trinajstić information content (AvgIpc) is 3.02. The van der Waals surface area contributed by atoms with Crippen molar-refractivity contribution in [1.29, 1.82) is 0 Å². The topological polar surface area (TPSA) is 28.2 Å². The van der Waals surface area contributed by atoms with Crippen molar-refractivity contribution >= 4 is 5.82 Å². The molecular formula is C20H27N3. The lowest BCUT2D eigenvalue weighted by atomic mass is 10.1. The van der Waals surface area contributed by atoms with Gasteiger partial charge < -0.3 is 5.32 Å². The van der Waals surface area contributed by atoms with Gasteiger partial charge in [0.1, 0.15) is 5.82 Å². The zero-order valence-corrected chi connectivity index (χ0v) is 14.2. The number of anilines is 1. The van der Waals surface area contributed by atoms with Gasteiger partial charge in [0.15, 0.2) is 0 Å². The second-order valence-corrected chi connectivity index (χ2v) is 6.87. The molecule has 3 heteroatoms. The van der Waals surface area contributed by atoms with Crippen LogP contribution in [0.3, 0.4) is 0 Å². The summed E-state index contributed by atoms with van der Waals surface area (Å²) in [5, 5.41) is 3.39. The largest absolute Gasteiger partial charge is 0.370 e. The predicted octanol–water partition coefficient (Wildman–Crippen LogP) is 4.49. The van der Waals surface area contributed by atoms with Gasteiger partial charge in [0.05, 0.1) is 0 Å². The molecule has 122 valence electrons. The molecule has 1 unspecified atom stereocenters. The molecule has 1 aliphatic heterocycles. The van der Waals surface area contributed by atoms with E-state index in [1.807, 2.05) is 0 Å². The Morgan fingerprint density at radius 3 is 2.70 bits per heavy atom. The Bertz CT molecular complexity index is 592. The highest BCUT2D eigenvalue weighted by Crippen LogP contribution is 2.33. The maximum atomic E-state index is 4.60. The Kier molecular flexibility index (Phi) is 5.29. The lowest BCUT2D eigenvalue weighted by Crippen LogP contribution is -2.22. The van der Waals surface area contributed by atoms with Crippen LogP contribution < -0.4 is 5.32 Å². The van der Waals surface area contributed by atoms with Crippen molar-refractivity contribution in [2.45, 2.75) is 39.3 Å². The van der Waals surface area contributed by atoms with Crippen LogP contribution in [-0.2, 0) is 6.54 Å². The molecule has 1 saturated heterocycles. The number of rotatable bonds is 6. The molecule has 2 heterocycles. The summed E-state index contributed by atoms with van der Waals surface area (Å²) in [6, 6.07) is 15.6. The number of aromatic nitrogens is 1. The molecule has 3 rings (SSSR count). The van der Waals surface area contributed by atoms with Crippen LogP contribution in [-0.4, -0.2) is 23.0 Å². The fourth-order valence-corrected chi connectivity index (χ4v) is 3.23. The molecule has 0 radical (unpaired) electrons. The summed E-state index contributed by atoms with van der Waals surface area (Å²) >= 11 is 0. The average molecular weight is 309 g/mol. The third-order valence-electron chi connectivity index (χ3n) is 4.45. The van der Waals surface area contributed by atoms with Crippen molar-refractivity contribution in [1.82, 2.24) is 9.88 Å². The quantitative estimate of drug-likeness (QED) is 0.852. The third-order valence-corrected chi connectivity index (χ3v) is 4.45. The third kappa shape index (κ3) is 4.32.